The first-order chi connectivity index (χ1) is 12.0. The molecule has 1 amide bonds. The third-order valence-corrected chi connectivity index (χ3v) is 4.54. The number of hydrogen-bond donors (Lipinski definition) is 2. The largest absolute Gasteiger partial charge is 0.478 e. The Hall–Kier alpha value is -2.82. The number of rotatable bonds is 4. The highest BCUT2D eigenvalue weighted by Crippen LogP contribution is 2.27. The van der Waals surface area contributed by atoms with E-state index in [-0.39, 0.29) is 11.5 Å². The number of carboxylic acid groups (broad SMARTS) is 1. The van der Waals surface area contributed by atoms with Gasteiger partial charge in [-0.05, 0) is 49.1 Å². The van der Waals surface area contributed by atoms with Crippen molar-refractivity contribution in [3.8, 4) is 0 Å². The molecule has 0 aromatic heterocycles. The summed E-state index contributed by atoms with van der Waals surface area (Å²) in [6.45, 7) is 4.06. The van der Waals surface area contributed by atoms with E-state index in [0.29, 0.717) is 17.2 Å². The number of carbonyl (C=O) groups is 2. The molecule has 2 aromatic rings. The Morgan fingerprint density at radius 1 is 1.16 bits per heavy atom. The molecule has 0 aliphatic carbocycles. The van der Waals surface area contributed by atoms with Crippen LogP contribution in [0.5, 0.6) is 0 Å². The average Bonchev–Trinajstić information content (AvgIpc) is 2.62. The van der Waals surface area contributed by atoms with Crippen molar-refractivity contribution in [2.75, 3.05) is 23.3 Å². The van der Waals surface area contributed by atoms with Crippen molar-refractivity contribution in [3.63, 3.8) is 0 Å². The van der Waals surface area contributed by atoms with Crippen LogP contribution in [-0.2, 0) is 0 Å². The Morgan fingerprint density at radius 3 is 2.60 bits per heavy atom. The van der Waals surface area contributed by atoms with Crippen molar-refractivity contribution in [3.05, 3.63) is 59.7 Å². The van der Waals surface area contributed by atoms with Crippen molar-refractivity contribution in [2.24, 2.45) is 5.92 Å². The zero-order valence-electron chi connectivity index (χ0n) is 14.2. The number of aromatic carboxylic acids is 1. The van der Waals surface area contributed by atoms with Crippen LogP contribution < -0.4 is 10.2 Å². The molecule has 0 saturated carbocycles. The van der Waals surface area contributed by atoms with Crippen LogP contribution >= 0.6 is 0 Å². The lowest BCUT2D eigenvalue weighted by Gasteiger charge is -2.33. The fourth-order valence-electron chi connectivity index (χ4n) is 3.22. The number of carbonyl (C=O) groups excluding carboxylic acids is 1. The van der Waals surface area contributed by atoms with Crippen molar-refractivity contribution in [2.45, 2.75) is 19.8 Å². The minimum absolute atomic E-state index is 0.111. The summed E-state index contributed by atoms with van der Waals surface area (Å²) in [5.41, 5.74) is 1.81. The van der Waals surface area contributed by atoms with Gasteiger partial charge in [-0.15, -0.1) is 0 Å². The second-order valence-corrected chi connectivity index (χ2v) is 6.55. The zero-order chi connectivity index (χ0) is 17.8. The molecule has 1 saturated heterocycles. The molecular weight excluding hydrogens is 316 g/mol. The van der Waals surface area contributed by atoms with Crippen LogP contribution in [0.1, 0.15) is 40.5 Å². The number of anilines is 2. The number of nitrogens with zero attached hydrogens (tertiary/aromatic N) is 1. The number of nitrogens with one attached hydrogen (secondary N) is 1. The highest BCUT2D eigenvalue weighted by Gasteiger charge is 2.20. The Kier molecular flexibility index (Phi) is 5.03. The lowest BCUT2D eigenvalue weighted by atomic mass is 9.99. The van der Waals surface area contributed by atoms with Gasteiger partial charge >= 0.3 is 5.97 Å². The fourth-order valence-corrected chi connectivity index (χ4v) is 3.22. The summed E-state index contributed by atoms with van der Waals surface area (Å²) in [7, 11) is 0. The number of carboxylic acids is 1. The predicted molar refractivity (Wildman–Crippen MR) is 98.4 cm³/mol. The van der Waals surface area contributed by atoms with Gasteiger partial charge in [0, 0.05) is 24.3 Å². The second kappa shape index (κ2) is 7.38. The van der Waals surface area contributed by atoms with E-state index in [1.165, 1.54) is 6.42 Å². The smallest absolute Gasteiger partial charge is 0.337 e. The molecule has 2 aromatic carbocycles. The second-order valence-electron chi connectivity index (χ2n) is 6.55. The van der Waals surface area contributed by atoms with Crippen LogP contribution in [-0.4, -0.2) is 30.1 Å². The first-order valence-electron chi connectivity index (χ1n) is 8.53. The molecule has 0 unspecified atom stereocenters. The summed E-state index contributed by atoms with van der Waals surface area (Å²) in [5, 5.41) is 12.3. The Balaban J connectivity index is 1.84. The summed E-state index contributed by atoms with van der Waals surface area (Å²) < 4.78 is 0. The van der Waals surface area contributed by atoms with Gasteiger partial charge in [-0.2, -0.15) is 0 Å². The maximum atomic E-state index is 12.3. The fraction of sp³-hybridized carbons (Fsp3) is 0.300. The Morgan fingerprint density at radius 2 is 1.92 bits per heavy atom. The molecule has 5 nitrogen and oxygen atoms in total. The summed E-state index contributed by atoms with van der Waals surface area (Å²) in [6.07, 6.45) is 2.31. The lowest BCUT2D eigenvalue weighted by molar-refractivity contribution is 0.0698. The van der Waals surface area contributed by atoms with Crippen molar-refractivity contribution in [1.82, 2.24) is 0 Å². The molecule has 130 valence electrons. The third kappa shape index (κ3) is 3.99. The molecule has 25 heavy (non-hydrogen) atoms. The van der Waals surface area contributed by atoms with Gasteiger partial charge < -0.3 is 15.3 Å². The average molecular weight is 338 g/mol. The van der Waals surface area contributed by atoms with E-state index in [9.17, 15) is 14.7 Å². The van der Waals surface area contributed by atoms with E-state index >= 15 is 0 Å². The number of amides is 1. The van der Waals surface area contributed by atoms with Gasteiger partial charge in [0.1, 0.15) is 0 Å². The number of hydrogen-bond acceptors (Lipinski definition) is 3. The summed E-state index contributed by atoms with van der Waals surface area (Å²) in [5.74, 6) is -0.766. The maximum absolute atomic E-state index is 12.3. The van der Waals surface area contributed by atoms with Crippen molar-refractivity contribution < 1.29 is 14.7 Å². The van der Waals surface area contributed by atoms with Crippen molar-refractivity contribution >= 4 is 23.3 Å². The predicted octanol–water partition coefficient (Wildman–Crippen LogP) is 3.87. The summed E-state index contributed by atoms with van der Waals surface area (Å²) in [6, 6.07) is 14.0. The maximum Gasteiger partial charge on any atom is 0.337 e. The molecule has 2 N–H and O–H groups in total. The molecule has 1 heterocycles. The van der Waals surface area contributed by atoms with Crippen LogP contribution in [0.2, 0.25) is 0 Å². The van der Waals surface area contributed by atoms with Gasteiger partial charge in [0.05, 0.1) is 11.3 Å². The van der Waals surface area contributed by atoms with E-state index in [1.807, 2.05) is 12.1 Å². The van der Waals surface area contributed by atoms with E-state index in [2.05, 4.69) is 17.1 Å². The van der Waals surface area contributed by atoms with Gasteiger partial charge in [-0.3, -0.25) is 4.79 Å². The molecule has 5 heteroatoms. The molecule has 1 fully saturated rings. The van der Waals surface area contributed by atoms with E-state index in [0.717, 1.165) is 25.2 Å². The van der Waals surface area contributed by atoms with E-state index in [1.54, 1.807) is 36.4 Å². The van der Waals surface area contributed by atoms with Crippen LogP contribution in [0.15, 0.2) is 48.5 Å². The van der Waals surface area contributed by atoms with E-state index in [4.69, 9.17) is 0 Å². The molecule has 0 spiro atoms. The molecule has 1 aliphatic rings. The first kappa shape index (κ1) is 17.0. The highest BCUT2D eigenvalue weighted by atomic mass is 16.4. The summed E-state index contributed by atoms with van der Waals surface area (Å²) in [4.78, 5) is 26.2. The summed E-state index contributed by atoms with van der Waals surface area (Å²) >= 11 is 0. The standard InChI is InChI=1S/C20H22N2O3/c1-14-6-5-11-22(13-14)16-9-10-18(17(12-16)20(24)25)21-19(23)15-7-3-2-4-8-15/h2-4,7-10,12,14H,5-6,11,13H2,1H3,(H,21,23)(H,24,25)/t14-/m1/s1. The number of piperidine rings is 1. The molecule has 0 bridgehead atoms. The highest BCUT2D eigenvalue weighted by molar-refractivity contribution is 6.08. The monoisotopic (exact) mass is 338 g/mol. The van der Waals surface area contributed by atoms with Crippen LogP contribution in [0.3, 0.4) is 0 Å². The first-order valence-corrected chi connectivity index (χ1v) is 8.53. The van der Waals surface area contributed by atoms with Crippen molar-refractivity contribution in [1.29, 1.82) is 0 Å². The van der Waals surface area contributed by atoms with Gasteiger partial charge in [0.15, 0.2) is 0 Å². The molecule has 3 rings (SSSR count). The van der Waals surface area contributed by atoms with Crippen LogP contribution in [0.25, 0.3) is 0 Å². The van der Waals surface area contributed by atoms with Gasteiger partial charge in [-0.25, -0.2) is 4.79 Å². The van der Waals surface area contributed by atoms with Crippen LogP contribution in [0, 0.1) is 5.92 Å². The molecule has 0 radical (unpaired) electrons. The van der Waals surface area contributed by atoms with Gasteiger partial charge in [-0.1, -0.05) is 25.1 Å². The zero-order valence-corrected chi connectivity index (χ0v) is 14.2. The molecule has 1 aliphatic heterocycles. The molecule has 1 atom stereocenters. The SMILES string of the molecule is C[C@@H]1CCCN(c2ccc(NC(=O)c3ccccc3)c(C(=O)O)c2)C1. The van der Waals surface area contributed by atoms with Crippen LogP contribution in [0.4, 0.5) is 11.4 Å². The minimum atomic E-state index is -1.05. The minimum Gasteiger partial charge on any atom is -0.478 e. The Labute approximate surface area is 147 Å². The normalized spacial score (nSPS) is 17.2. The third-order valence-electron chi connectivity index (χ3n) is 4.54. The van der Waals surface area contributed by atoms with Gasteiger partial charge in [0.25, 0.3) is 5.91 Å². The topological polar surface area (TPSA) is 69.6 Å². The molecular formula is C20H22N2O3. The van der Waals surface area contributed by atoms with Gasteiger partial charge in [0.2, 0.25) is 0 Å². The lowest BCUT2D eigenvalue weighted by Crippen LogP contribution is -2.34. The van der Waals surface area contributed by atoms with E-state index < -0.39 is 5.97 Å². The quantitative estimate of drug-likeness (QED) is 0.888. The number of benzene rings is 2. The Bertz CT molecular complexity index is 774.